The van der Waals surface area contributed by atoms with Gasteiger partial charge in [0.25, 0.3) is 11.5 Å². The van der Waals surface area contributed by atoms with E-state index in [4.69, 9.17) is 4.98 Å². The summed E-state index contributed by atoms with van der Waals surface area (Å²) in [5.41, 5.74) is 4.28. The van der Waals surface area contributed by atoms with Crippen molar-refractivity contribution < 1.29 is 9.18 Å². The number of hydrogen-bond acceptors (Lipinski definition) is 6. The van der Waals surface area contributed by atoms with E-state index in [9.17, 15) is 14.0 Å². The molecule has 1 amide bonds. The van der Waals surface area contributed by atoms with Crippen LogP contribution in [0.5, 0.6) is 0 Å². The van der Waals surface area contributed by atoms with Gasteiger partial charge in [-0.15, -0.1) is 0 Å². The zero-order chi connectivity index (χ0) is 25.0. The fourth-order valence-electron chi connectivity index (χ4n) is 5.42. The molecule has 4 unspecified atom stereocenters. The summed E-state index contributed by atoms with van der Waals surface area (Å²) in [5.74, 6) is 0.261. The van der Waals surface area contributed by atoms with Crippen LogP contribution in [0.4, 0.5) is 15.9 Å². The maximum Gasteiger partial charge on any atom is 0.263 e. The Morgan fingerprint density at radius 3 is 2.67 bits per heavy atom. The Morgan fingerprint density at radius 2 is 1.92 bits per heavy atom. The van der Waals surface area contributed by atoms with Gasteiger partial charge in [0.2, 0.25) is 0 Å². The lowest BCUT2D eigenvalue weighted by molar-refractivity contribution is -0.139. The van der Waals surface area contributed by atoms with Crippen molar-refractivity contribution in [3.63, 3.8) is 0 Å². The Kier molecular flexibility index (Phi) is 5.34. The van der Waals surface area contributed by atoms with Crippen molar-refractivity contribution in [2.24, 2.45) is 0 Å². The van der Waals surface area contributed by atoms with E-state index < -0.39 is 11.3 Å². The number of hydrogen-bond donors (Lipinski definition) is 2. The number of nitrogens with zero attached hydrogens (tertiary/aromatic N) is 4. The van der Waals surface area contributed by atoms with Crippen LogP contribution in [-0.2, 0) is 4.79 Å². The smallest absolute Gasteiger partial charge is 0.263 e. The minimum Gasteiger partial charge on any atom is -0.340 e. The van der Waals surface area contributed by atoms with Crippen LogP contribution in [0.15, 0.2) is 60.0 Å². The number of halogens is 1. The maximum absolute atomic E-state index is 14.3. The zero-order valence-corrected chi connectivity index (χ0v) is 20.7. The topological polar surface area (TPSA) is 104 Å². The monoisotopic (exact) mass is 502 g/mol. The number of carbonyl (C=O) groups excluding carboxylic acids is 1. The number of carbonyl (C=O) groups is 1. The average Bonchev–Trinajstić information content (AvgIpc) is 3.12. The normalized spacial score (nSPS) is 20.1. The first-order valence-corrected chi connectivity index (χ1v) is 12.3. The van der Waals surface area contributed by atoms with Gasteiger partial charge in [-0.05, 0) is 54.1 Å². The SMILES string of the molecule is CC(F)(P)C(=O)N1CC2CC(C1)c1cc(Nc3nc(-c4cncnc4)cc4cc[nH]c(=O)c34)ccc12. The maximum atomic E-state index is 14.3. The Labute approximate surface area is 208 Å². The fraction of sp³-hybridized carbons (Fsp3) is 0.269. The summed E-state index contributed by atoms with van der Waals surface area (Å²) >= 11 is 0. The number of alkyl halides is 1. The molecule has 4 aromatic rings. The van der Waals surface area contributed by atoms with Crippen molar-refractivity contribution in [3.8, 4) is 11.3 Å². The van der Waals surface area contributed by atoms with Crippen molar-refractivity contribution in [2.75, 3.05) is 18.4 Å². The average molecular weight is 502 g/mol. The van der Waals surface area contributed by atoms with E-state index in [1.54, 1.807) is 23.5 Å². The quantitative estimate of drug-likeness (QED) is 0.408. The van der Waals surface area contributed by atoms with Gasteiger partial charge in [-0.3, -0.25) is 9.59 Å². The molecule has 3 aromatic heterocycles. The molecule has 2 bridgehead atoms. The van der Waals surface area contributed by atoms with Crippen LogP contribution in [-0.4, -0.2) is 49.2 Å². The summed E-state index contributed by atoms with van der Waals surface area (Å²) in [6, 6.07) is 9.76. The van der Waals surface area contributed by atoms with Gasteiger partial charge in [0.1, 0.15) is 12.1 Å². The molecule has 2 aliphatic rings. The Hall–Kier alpha value is -3.71. The predicted octanol–water partition coefficient (Wildman–Crippen LogP) is 4.10. The van der Waals surface area contributed by atoms with Crippen LogP contribution >= 0.6 is 9.24 Å². The summed E-state index contributed by atoms with van der Waals surface area (Å²) in [4.78, 5) is 42.6. The predicted molar refractivity (Wildman–Crippen MR) is 139 cm³/mol. The fourth-order valence-corrected chi connectivity index (χ4v) is 5.61. The van der Waals surface area contributed by atoms with Crippen molar-refractivity contribution in [1.29, 1.82) is 0 Å². The molecule has 8 nitrogen and oxygen atoms in total. The molecule has 1 aliphatic carbocycles. The number of piperidine rings is 1. The lowest BCUT2D eigenvalue weighted by atomic mass is 9.95. The van der Waals surface area contributed by atoms with Crippen molar-refractivity contribution in [1.82, 2.24) is 24.8 Å². The molecule has 6 rings (SSSR count). The molecule has 1 aromatic carbocycles. The first kappa shape index (κ1) is 22.7. The molecule has 1 fully saturated rings. The number of pyridine rings is 2. The van der Waals surface area contributed by atoms with Crippen molar-refractivity contribution >= 4 is 37.4 Å². The number of rotatable bonds is 4. The molecule has 36 heavy (non-hydrogen) atoms. The number of benzene rings is 1. The van der Waals surface area contributed by atoms with E-state index in [1.807, 2.05) is 27.4 Å². The van der Waals surface area contributed by atoms with E-state index in [1.165, 1.54) is 18.8 Å². The third kappa shape index (κ3) is 3.93. The number of fused-ring (bicyclic) bond motifs is 6. The van der Waals surface area contributed by atoms with Crippen molar-refractivity contribution in [3.05, 3.63) is 76.7 Å². The summed E-state index contributed by atoms with van der Waals surface area (Å²) in [5, 5.41) is 2.58. The molecular weight excluding hydrogens is 478 g/mol. The third-order valence-corrected chi connectivity index (χ3v) is 7.24. The van der Waals surface area contributed by atoms with Gasteiger partial charge in [-0.1, -0.05) is 15.3 Å². The first-order chi connectivity index (χ1) is 17.3. The van der Waals surface area contributed by atoms with Crippen LogP contribution in [0.2, 0.25) is 0 Å². The van der Waals surface area contributed by atoms with Crippen LogP contribution < -0.4 is 10.9 Å². The van der Waals surface area contributed by atoms with Gasteiger partial charge >= 0.3 is 0 Å². The highest BCUT2D eigenvalue weighted by atomic mass is 31.0. The lowest BCUT2D eigenvalue weighted by Crippen LogP contribution is -2.46. The molecule has 1 saturated heterocycles. The van der Waals surface area contributed by atoms with E-state index in [0.29, 0.717) is 30.0 Å². The number of nitrogens with one attached hydrogen (secondary N) is 2. The minimum absolute atomic E-state index is 0.137. The highest BCUT2D eigenvalue weighted by molar-refractivity contribution is 7.20. The van der Waals surface area contributed by atoms with E-state index >= 15 is 0 Å². The second-order valence-corrected chi connectivity index (χ2v) is 10.7. The van der Waals surface area contributed by atoms with Gasteiger partial charge < -0.3 is 15.2 Å². The summed E-state index contributed by atoms with van der Waals surface area (Å²) in [6.07, 6.45) is 7.36. The molecule has 4 atom stereocenters. The number of likely N-dealkylation sites (tertiary alicyclic amines) is 1. The van der Waals surface area contributed by atoms with Gasteiger partial charge in [-0.2, -0.15) is 0 Å². The standard InChI is InChI=1S/C26H24FN6O2P/c1-26(27,36)25(35)33-11-15-6-16(12-33)20-8-18(2-3-19(15)20)31-23-22-14(4-5-30-24(22)34)7-21(32-23)17-9-28-13-29-10-17/h2-5,7-10,13,15-16H,6,11-12,36H2,1H3,(H,30,34)(H,31,32). The number of H-pyrrole nitrogens is 1. The number of amides is 1. The van der Waals surface area contributed by atoms with Gasteiger partial charge in [0.05, 0.1) is 11.1 Å². The molecule has 10 heteroatoms. The minimum atomic E-state index is -1.97. The van der Waals surface area contributed by atoms with Gasteiger partial charge in [0, 0.05) is 54.8 Å². The first-order valence-electron chi connectivity index (χ1n) is 11.7. The highest BCUT2D eigenvalue weighted by Gasteiger charge is 2.42. The number of aromatic amines is 1. The van der Waals surface area contributed by atoms with E-state index in [-0.39, 0.29) is 17.4 Å². The molecule has 182 valence electrons. The molecular formula is C26H24FN6O2P. The van der Waals surface area contributed by atoms with Gasteiger partial charge in [0.15, 0.2) is 5.41 Å². The molecule has 0 saturated carbocycles. The second-order valence-electron chi connectivity index (χ2n) is 9.64. The third-order valence-electron chi connectivity index (χ3n) is 7.00. The molecule has 0 radical (unpaired) electrons. The molecule has 4 heterocycles. The number of anilines is 2. The van der Waals surface area contributed by atoms with E-state index in [0.717, 1.165) is 28.6 Å². The van der Waals surface area contributed by atoms with Gasteiger partial charge in [-0.25, -0.2) is 19.3 Å². The van der Waals surface area contributed by atoms with E-state index in [2.05, 4.69) is 32.4 Å². The van der Waals surface area contributed by atoms with Crippen LogP contribution in [0, 0.1) is 0 Å². The highest BCUT2D eigenvalue weighted by Crippen LogP contribution is 2.47. The second kappa shape index (κ2) is 8.45. The summed E-state index contributed by atoms with van der Waals surface area (Å²) < 4.78 is 14.3. The Balaban J connectivity index is 1.37. The van der Waals surface area contributed by atoms with Crippen LogP contribution in [0.25, 0.3) is 22.0 Å². The Bertz CT molecular complexity index is 1550. The van der Waals surface area contributed by atoms with Crippen LogP contribution in [0.3, 0.4) is 0 Å². The summed E-state index contributed by atoms with van der Waals surface area (Å²) in [6.45, 7) is 2.29. The zero-order valence-electron chi connectivity index (χ0n) is 19.5. The summed E-state index contributed by atoms with van der Waals surface area (Å²) in [7, 11) is 2.00. The largest absolute Gasteiger partial charge is 0.340 e. The van der Waals surface area contributed by atoms with Crippen LogP contribution in [0.1, 0.15) is 36.3 Å². The number of aromatic nitrogens is 4. The lowest BCUT2D eigenvalue weighted by Gasteiger charge is -2.34. The molecule has 0 spiro atoms. The Morgan fingerprint density at radius 1 is 1.17 bits per heavy atom. The molecule has 1 aliphatic heterocycles. The molecule has 2 N–H and O–H groups in total. The van der Waals surface area contributed by atoms with Crippen molar-refractivity contribution in [2.45, 2.75) is 30.6 Å².